The summed E-state index contributed by atoms with van der Waals surface area (Å²) in [4.78, 5) is 0. The Morgan fingerprint density at radius 2 is 1.88 bits per heavy atom. The molecule has 0 fully saturated rings. The average molecular weight is 258 g/mol. The van der Waals surface area contributed by atoms with Gasteiger partial charge in [-0.1, -0.05) is 18.2 Å². The lowest BCUT2D eigenvalue weighted by Gasteiger charge is -2.12. The second-order valence-corrected chi connectivity index (χ2v) is 5.67. The van der Waals surface area contributed by atoms with Crippen LogP contribution in [0.5, 0.6) is 5.75 Å². The van der Waals surface area contributed by atoms with Gasteiger partial charge in [0.15, 0.2) is 0 Å². The smallest absolute Gasteiger partial charge is 0.278 e. The molecule has 0 radical (unpaired) electrons. The molecule has 1 aromatic carbocycles. The molecule has 0 unspecified atom stereocenters. The molecule has 96 valence electrons. The highest BCUT2D eigenvalue weighted by Crippen LogP contribution is 2.08. The minimum Gasteiger partial charge on any atom is -0.494 e. The maximum absolute atomic E-state index is 11.3. The number of benzene rings is 1. The lowest BCUT2D eigenvalue weighted by atomic mass is 10.3. The van der Waals surface area contributed by atoms with Crippen LogP contribution in [0.15, 0.2) is 30.3 Å². The van der Waals surface area contributed by atoms with E-state index in [4.69, 9.17) is 4.74 Å². The lowest BCUT2D eigenvalue weighted by molar-refractivity contribution is 0.311. The van der Waals surface area contributed by atoms with E-state index in [1.165, 1.54) is 14.1 Å². The third-order valence-electron chi connectivity index (χ3n) is 2.10. The van der Waals surface area contributed by atoms with Crippen LogP contribution in [0.3, 0.4) is 0 Å². The summed E-state index contributed by atoms with van der Waals surface area (Å²) in [6.45, 7) is 0.854. The van der Waals surface area contributed by atoms with Gasteiger partial charge in [-0.15, -0.1) is 0 Å². The summed E-state index contributed by atoms with van der Waals surface area (Å²) >= 11 is 0. The predicted octanol–water partition coefficient (Wildman–Crippen LogP) is 0.851. The molecular weight excluding hydrogens is 240 g/mol. The Hall–Kier alpha value is -1.11. The van der Waals surface area contributed by atoms with E-state index in [1.54, 1.807) is 0 Å². The summed E-state index contributed by atoms with van der Waals surface area (Å²) in [5.41, 5.74) is 0. The quantitative estimate of drug-likeness (QED) is 0.738. The molecule has 0 spiro atoms. The highest BCUT2D eigenvalue weighted by molar-refractivity contribution is 7.87. The average Bonchev–Trinajstić information content (AvgIpc) is 2.29. The van der Waals surface area contributed by atoms with Crippen LogP contribution in [0.2, 0.25) is 0 Å². The molecule has 0 bridgehead atoms. The van der Waals surface area contributed by atoms with Crippen LogP contribution < -0.4 is 9.46 Å². The van der Waals surface area contributed by atoms with Gasteiger partial charge in [0.25, 0.3) is 10.2 Å². The van der Waals surface area contributed by atoms with Gasteiger partial charge in [0.05, 0.1) is 6.61 Å². The van der Waals surface area contributed by atoms with Gasteiger partial charge in [0, 0.05) is 20.6 Å². The molecule has 0 amide bonds. The van der Waals surface area contributed by atoms with Gasteiger partial charge >= 0.3 is 0 Å². The van der Waals surface area contributed by atoms with Crippen LogP contribution in [-0.4, -0.2) is 40.0 Å². The molecule has 17 heavy (non-hydrogen) atoms. The molecule has 0 saturated heterocycles. The Kier molecular flexibility index (Phi) is 5.40. The lowest BCUT2D eigenvalue weighted by Crippen LogP contribution is -2.36. The summed E-state index contributed by atoms with van der Waals surface area (Å²) in [7, 11) is -0.338. The topological polar surface area (TPSA) is 58.6 Å². The van der Waals surface area contributed by atoms with Crippen molar-refractivity contribution in [3.05, 3.63) is 30.3 Å². The first-order chi connectivity index (χ1) is 8.02. The van der Waals surface area contributed by atoms with Gasteiger partial charge in [-0.25, -0.2) is 4.72 Å². The van der Waals surface area contributed by atoms with Crippen LogP contribution in [0.25, 0.3) is 0 Å². The van der Waals surface area contributed by atoms with Crippen LogP contribution in [0.4, 0.5) is 0 Å². The van der Waals surface area contributed by atoms with E-state index in [0.29, 0.717) is 19.6 Å². The second-order valence-electron chi connectivity index (χ2n) is 3.70. The van der Waals surface area contributed by atoms with Gasteiger partial charge in [-0.05, 0) is 18.6 Å². The third-order valence-corrected chi connectivity index (χ3v) is 3.63. The third kappa shape index (κ3) is 5.16. The molecule has 0 heterocycles. The number of nitrogens with one attached hydrogen (secondary N) is 1. The number of hydrogen-bond acceptors (Lipinski definition) is 3. The second kappa shape index (κ2) is 6.58. The van der Waals surface area contributed by atoms with Crippen molar-refractivity contribution in [2.75, 3.05) is 27.2 Å². The van der Waals surface area contributed by atoms with Crippen LogP contribution in [0.1, 0.15) is 6.42 Å². The Labute approximate surface area is 103 Å². The zero-order chi connectivity index (χ0) is 12.7. The molecule has 0 saturated carbocycles. The van der Waals surface area contributed by atoms with E-state index in [9.17, 15) is 8.42 Å². The van der Waals surface area contributed by atoms with Crippen molar-refractivity contribution in [3.8, 4) is 5.75 Å². The van der Waals surface area contributed by atoms with Crippen molar-refractivity contribution in [1.82, 2.24) is 9.03 Å². The van der Waals surface area contributed by atoms with Gasteiger partial charge < -0.3 is 4.74 Å². The Balaban J connectivity index is 2.18. The van der Waals surface area contributed by atoms with E-state index in [1.807, 2.05) is 30.3 Å². The van der Waals surface area contributed by atoms with Gasteiger partial charge in [0.2, 0.25) is 0 Å². The number of ether oxygens (including phenoxy) is 1. The molecule has 1 aromatic rings. The fourth-order valence-corrected chi connectivity index (χ4v) is 1.77. The van der Waals surface area contributed by atoms with Gasteiger partial charge in [-0.2, -0.15) is 12.7 Å². The normalized spacial score (nSPS) is 11.7. The molecule has 0 aliphatic rings. The summed E-state index contributed by atoms with van der Waals surface area (Å²) in [5.74, 6) is 0.794. The Morgan fingerprint density at radius 3 is 2.47 bits per heavy atom. The zero-order valence-electron chi connectivity index (χ0n) is 10.1. The van der Waals surface area contributed by atoms with Crippen LogP contribution in [0, 0.1) is 0 Å². The maximum atomic E-state index is 11.3. The fourth-order valence-electron chi connectivity index (χ4n) is 1.11. The Morgan fingerprint density at radius 1 is 1.24 bits per heavy atom. The van der Waals surface area contributed by atoms with E-state index in [2.05, 4.69) is 4.72 Å². The number of para-hydroxylation sites is 1. The summed E-state index contributed by atoms with van der Waals surface area (Å²) in [6, 6.07) is 9.43. The molecule has 0 atom stereocenters. The monoisotopic (exact) mass is 258 g/mol. The predicted molar refractivity (Wildman–Crippen MR) is 67.2 cm³/mol. The molecule has 0 aliphatic carbocycles. The van der Waals surface area contributed by atoms with Gasteiger partial charge in [0.1, 0.15) is 5.75 Å². The highest BCUT2D eigenvalue weighted by atomic mass is 32.2. The SMILES string of the molecule is CN(C)S(=O)(=O)NCCCOc1ccccc1. The summed E-state index contributed by atoms with van der Waals surface area (Å²) < 4.78 is 31.7. The van der Waals surface area contributed by atoms with Gasteiger partial charge in [-0.3, -0.25) is 0 Å². The standard InChI is InChI=1S/C11H18N2O3S/c1-13(2)17(14,15)12-9-6-10-16-11-7-4-3-5-8-11/h3-5,7-8,12H,6,9-10H2,1-2H3. The summed E-state index contributed by atoms with van der Waals surface area (Å²) in [6.07, 6.45) is 0.627. The fraction of sp³-hybridized carbons (Fsp3) is 0.455. The molecule has 0 aromatic heterocycles. The van der Waals surface area contributed by atoms with E-state index < -0.39 is 10.2 Å². The molecule has 1 rings (SSSR count). The van der Waals surface area contributed by atoms with Crippen molar-refractivity contribution in [2.45, 2.75) is 6.42 Å². The minimum atomic E-state index is -3.32. The minimum absolute atomic E-state index is 0.368. The molecule has 6 heteroatoms. The number of rotatable bonds is 7. The summed E-state index contributed by atoms with van der Waals surface area (Å²) in [5, 5.41) is 0. The number of nitrogens with zero attached hydrogens (tertiary/aromatic N) is 1. The van der Waals surface area contributed by atoms with Crippen molar-refractivity contribution < 1.29 is 13.2 Å². The first-order valence-electron chi connectivity index (χ1n) is 5.37. The first-order valence-corrected chi connectivity index (χ1v) is 6.81. The molecular formula is C11H18N2O3S. The van der Waals surface area contributed by atoms with E-state index in [0.717, 1.165) is 10.1 Å². The number of hydrogen-bond donors (Lipinski definition) is 1. The first kappa shape index (κ1) is 14.0. The van der Waals surface area contributed by atoms with E-state index >= 15 is 0 Å². The van der Waals surface area contributed by atoms with Crippen LogP contribution >= 0.6 is 0 Å². The highest BCUT2D eigenvalue weighted by Gasteiger charge is 2.10. The van der Waals surface area contributed by atoms with Crippen LogP contribution in [-0.2, 0) is 10.2 Å². The maximum Gasteiger partial charge on any atom is 0.278 e. The molecule has 1 N–H and O–H groups in total. The molecule has 5 nitrogen and oxygen atoms in total. The van der Waals surface area contributed by atoms with Crippen molar-refractivity contribution in [2.24, 2.45) is 0 Å². The largest absolute Gasteiger partial charge is 0.494 e. The van der Waals surface area contributed by atoms with Crippen molar-refractivity contribution in [3.63, 3.8) is 0 Å². The van der Waals surface area contributed by atoms with Crippen molar-refractivity contribution >= 4 is 10.2 Å². The zero-order valence-corrected chi connectivity index (χ0v) is 10.9. The molecule has 0 aliphatic heterocycles. The van der Waals surface area contributed by atoms with Crippen molar-refractivity contribution in [1.29, 1.82) is 0 Å². The Bertz CT molecular complexity index is 418. The van der Waals surface area contributed by atoms with E-state index in [-0.39, 0.29) is 0 Å².